The van der Waals surface area contributed by atoms with E-state index in [2.05, 4.69) is 35.1 Å². The van der Waals surface area contributed by atoms with Crippen LogP contribution in [0.2, 0.25) is 0 Å². The van der Waals surface area contributed by atoms with E-state index >= 15 is 0 Å². The van der Waals surface area contributed by atoms with Crippen molar-refractivity contribution in [3.8, 4) is 0 Å². The third-order valence-corrected chi connectivity index (χ3v) is 4.62. The summed E-state index contributed by atoms with van der Waals surface area (Å²) < 4.78 is 14.8. The van der Waals surface area contributed by atoms with Crippen LogP contribution in [-0.2, 0) is 6.42 Å². The van der Waals surface area contributed by atoms with Gasteiger partial charge >= 0.3 is 0 Å². The van der Waals surface area contributed by atoms with Gasteiger partial charge in [-0.2, -0.15) is 0 Å². The van der Waals surface area contributed by atoms with Crippen molar-refractivity contribution >= 4 is 15.9 Å². The van der Waals surface area contributed by atoms with E-state index in [1.807, 2.05) is 12.1 Å². The van der Waals surface area contributed by atoms with Crippen LogP contribution in [0.3, 0.4) is 0 Å². The maximum Gasteiger partial charge on any atom is 0.127 e. The summed E-state index contributed by atoms with van der Waals surface area (Å²) in [5.74, 6) is 0.664. The fourth-order valence-electron chi connectivity index (χ4n) is 2.78. The summed E-state index contributed by atoms with van der Waals surface area (Å²) in [6, 6.07) is 5.42. The van der Waals surface area contributed by atoms with Crippen LogP contribution in [0, 0.1) is 17.2 Å². The second kappa shape index (κ2) is 6.36. The van der Waals surface area contributed by atoms with Crippen LogP contribution in [0.1, 0.15) is 38.7 Å². The van der Waals surface area contributed by atoms with Crippen LogP contribution in [0.25, 0.3) is 0 Å². The Morgan fingerprint density at radius 2 is 2.16 bits per heavy atom. The summed E-state index contributed by atoms with van der Waals surface area (Å²) in [6.07, 6.45) is 4.56. The third-order valence-electron chi connectivity index (χ3n) is 4.13. The molecular formula is C16H23BrFN. The Balaban J connectivity index is 2.07. The molecule has 1 atom stereocenters. The average Bonchev–Trinajstić information content (AvgIpc) is 3.18. The van der Waals surface area contributed by atoms with Gasteiger partial charge in [0.15, 0.2) is 0 Å². The molecule has 1 unspecified atom stereocenters. The lowest BCUT2D eigenvalue weighted by Crippen LogP contribution is -2.36. The van der Waals surface area contributed by atoms with Crippen molar-refractivity contribution in [2.75, 3.05) is 13.1 Å². The van der Waals surface area contributed by atoms with Gasteiger partial charge in [0.2, 0.25) is 0 Å². The predicted octanol–water partition coefficient (Wildman–Crippen LogP) is 4.55. The molecule has 19 heavy (non-hydrogen) atoms. The van der Waals surface area contributed by atoms with Crippen molar-refractivity contribution in [3.63, 3.8) is 0 Å². The zero-order valence-corrected chi connectivity index (χ0v) is 13.4. The number of hydrogen-bond acceptors (Lipinski definition) is 1. The highest BCUT2D eigenvalue weighted by molar-refractivity contribution is 9.10. The highest BCUT2D eigenvalue weighted by atomic mass is 79.9. The Morgan fingerprint density at radius 3 is 2.74 bits per heavy atom. The van der Waals surface area contributed by atoms with E-state index in [0.717, 1.165) is 41.9 Å². The summed E-state index contributed by atoms with van der Waals surface area (Å²) in [5, 5.41) is 3.52. The minimum atomic E-state index is -0.0864. The molecule has 0 aliphatic heterocycles. The molecule has 1 aromatic carbocycles. The number of rotatable bonds is 7. The molecule has 1 nitrogen and oxygen atoms in total. The Bertz CT molecular complexity index is 431. The van der Waals surface area contributed by atoms with Crippen LogP contribution in [0.5, 0.6) is 0 Å². The molecule has 1 N–H and O–H groups in total. The summed E-state index contributed by atoms with van der Waals surface area (Å²) >= 11 is 3.32. The molecular weight excluding hydrogens is 305 g/mol. The van der Waals surface area contributed by atoms with Crippen molar-refractivity contribution in [2.45, 2.75) is 39.5 Å². The third kappa shape index (κ3) is 4.03. The molecule has 0 spiro atoms. The Morgan fingerprint density at radius 1 is 1.42 bits per heavy atom. The van der Waals surface area contributed by atoms with E-state index in [4.69, 9.17) is 0 Å². The van der Waals surface area contributed by atoms with Gasteiger partial charge in [0.05, 0.1) is 0 Å². The zero-order chi connectivity index (χ0) is 13.9. The molecule has 0 heterocycles. The lowest BCUT2D eigenvalue weighted by molar-refractivity contribution is 0.253. The van der Waals surface area contributed by atoms with Crippen molar-refractivity contribution in [3.05, 3.63) is 34.1 Å². The maximum atomic E-state index is 14.0. The molecule has 0 radical (unpaired) electrons. The van der Waals surface area contributed by atoms with Crippen LogP contribution >= 0.6 is 15.9 Å². The molecule has 106 valence electrons. The van der Waals surface area contributed by atoms with Gasteiger partial charge in [-0.3, -0.25) is 0 Å². The minimum Gasteiger partial charge on any atom is -0.316 e. The van der Waals surface area contributed by atoms with Crippen LogP contribution in [0.15, 0.2) is 22.7 Å². The summed E-state index contributed by atoms with van der Waals surface area (Å²) in [5.41, 5.74) is 1.03. The summed E-state index contributed by atoms with van der Waals surface area (Å²) in [7, 11) is 0. The first-order valence-electron chi connectivity index (χ1n) is 7.20. The molecule has 1 fully saturated rings. The fraction of sp³-hybridized carbons (Fsp3) is 0.625. The first kappa shape index (κ1) is 15.0. The van der Waals surface area contributed by atoms with E-state index < -0.39 is 0 Å². The largest absolute Gasteiger partial charge is 0.316 e. The van der Waals surface area contributed by atoms with Gasteiger partial charge in [0, 0.05) is 11.0 Å². The number of halogens is 2. The monoisotopic (exact) mass is 327 g/mol. The van der Waals surface area contributed by atoms with Gasteiger partial charge in [-0.05, 0) is 61.3 Å². The molecule has 1 saturated carbocycles. The topological polar surface area (TPSA) is 12.0 Å². The second-order valence-electron chi connectivity index (χ2n) is 6.02. The van der Waals surface area contributed by atoms with Crippen LogP contribution < -0.4 is 5.32 Å². The molecule has 0 bridgehead atoms. The van der Waals surface area contributed by atoms with Crippen molar-refractivity contribution in [2.24, 2.45) is 11.3 Å². The van der Waals surface area contributed by atoms with Crippen LogP contribution in [-0.4, -0.2) is 13.1 Å². The summed E-state index contributed by atoms with van der Waals surface area (Å²) in [6.45, 7) is 6.51. The molecule has 0 aromatic heterocycles. The second-order valence-corrected chi connectivity index (χ2v) is 6.93. The van der Waals surface area contributed by atoms with Crippen molar-refractivity contribution < 1.29 is 4.39 Å². The maximum absolute atomic E-state index is 14.0. The standard InChI is InChI=1S/C16H23BrFN/c1-3-8-19-11-16(2,13-5-6-13)10-12-4-7-14(17)9-15(12)18/h4,7,9,13,19H,3,5-6,8,10-11H2,1-2H3. The molecule has 0 amide bonds. The minimum absolute atomic E-state index is 0.0864. The first-order chi connectivity index (χ1) is 9.05. The highest BCUT2D eigenvalue weighted by Gasteiger charge is 2.41. The smallest absolute Gasteiger partial charge is 0.127 e. The number of nitrogens with one attached hydrogen (secondary N) is 1. The molecule has 2 rings (SSSR count). The quantitative estimate of drug-likeness (QED) is 0.724. The Hall–Kier alpha value is -0.410. The molecule has 1 aliphatic carbocycles. The molecule has 0 saturated heterocycles. The van der Waals surface area contributed by atoms with E-state index in [-0.39, 0.29) is 11.2 Å². The fourth-order valence-corrected chi connectivity index (χ4v) is 3.12. The van der Waals surface area contributed by atoms with Crippen LogP contribution in [0.4, 0.5) is 4.39 Å². The van der Waals surface area contributed by atoms with Crippen molar-refractivity contribution in [1.29, 1.82) is 0 Å². The van der Waals surface area contributed by atoms with E-state index in [1.54, 1.807) is 6.07 Å². The zero-order valence-electron chi connectivity index (χ0n) is 11.8. The molecule has 3 heteroatoms. The van der Waals surface area contributed by atoms with E-state index in [0.29, 0.717) is 0 Å². The Labute approximate surface area is 124 Å². The normalized spacial score (nSPS) is 18.3. The SMILES string of the molecule is CCCNCC(C)(Cc1ccc(Br)cc1F)C1CC1. The summed E-state index contributed by atoms with van der Waals surface area (Å²) in [4.78, 5) is 0. The van der Waals surface area contributed by atoms with Gasteiger partial charge in [-0.25, -0.2) is 4.39 Å². The number of benzene rings is 1. The lowest BCUT2D eigenvalue weighted by Gasteiger charge is -2.30. The van der Waals surface area contributed by atoms with Crippen molar-refractivity contribution in [1.82, 2.24) is 5.32 Å². The van der Waals surface area contributed by atoms with Gasteiger partial charge in [0.1, 0.15) is 5.82 Å². The van der Waals surface area contributed by atoms with Gasteiger partial charge in [-0.15, -0.1) is 0 Å². The van der Waals surface area contributed by atoms with E-state index in [1.165, 1.54) is 12.8 Å². The Kier molecular flexibility index (Phi) is 5.02. The average molecular weight is 328 g/mol. The first-order valence-corrected chi connectivity index (χ1v) is 7.99. The van der Waals surface area contributed by atoms with Gasteiger partial charge in [0.25, 0.3) is 0 Å². The van der Waals surface area contributed by atoms with E-state index in [9.17, 15) is 4.39 Å². The highest BCUT2D eigenvalue weighted by Crippen LogP contribution is 2.47. The lowest BCUT2D eigenvalue weighted by atomic mass is 9.78. The van der Waals surface area contributed by atoms with Gasteiger partial charge in [-0.1, -0.05) is 35.8 Å². The molecule has 1 aromatic rings. The van der Waals surface area contributed by atoms with Gasteiger partial charge < -0.3 is 5.32 Å². The number of hydrogen-bond donors (Lipinski definition) is 1. The molecule has 1 aliphatic rings. The predicted molar refractivity (Wildman–Crippen MR) is 81.8 cm³/mol.